The van der Waals surface area contributed by atoms with E-state index < -0.39 is 0 Å². The highest BCUT2D eigenvalue weighted by Crippen LogP contribution is 2.22. The number of hydroxylamine groups is 1. The van der Waals surface area contributed by atoms with E-state index in [9.17, 15) is 4.79 Å². The van der Waals surface area contributed by atoms with Crippen LogP contribution in [0.4, 0.5) is 5.95 Å². The van der Waals surface area contributed by atoms with Gasteiger partial charge in [0.25, 0.3) is 5.91 Å². The molecule has 1 aromatic carbocycles. The maximum Gasteiger partial charge on any atom is 0.277 e. The van der Waals surface area contributed by atoms with Crippen LogP contribution in [0.2, 0.25) is 0 Å². The minimum atomic E-state index is -0.306. The molecule has 4 rings (SSSR count). The molecule has 2 N–H and O–H groups in total. The average Bonchev–Trinajstić information content (AvgIpc) is 3.20. The van der Waals surface area contributed by atoms with Gasteiger partial charge in [0.1, 0.15) is 0 Å². The summed E-state index contributed by atoms with van der Waals surface area (Å²) in [5.74, 6) is 1.02. The van der Waals surface area contributed by atoms with Crippen LogP contribution in [0.25, 0.3) is 10.9 Å². The first-order chi connectivity index (χ1) is 16.7. The molecule has 8 nitrogen and oxygen atoms in total. The van der Waals surface area contributed by atoms with Gasteiger partial charge in [0, 0.05) is 56.2 Å². The Morgan fingerprint density at radius 2 is 1.91 bits per heavy atom. The Morgan fingerprint density at radius 1 is 1.15 bits per heavy atom. The first-order valence-corrected chi connectivity index (χ1v) is 12.4. The molecule has 3 aromatic rings. The van der Waals surface area contributed by atoms with Crippen molar-refractivity contribution in [2.24, 2.45) is 13.0 Å². The van der Waals surface area contributed by atoms with Gasteiger partial charge >= 0.3 is 0 Å². The van der Waals surface area contributed by atoms with Gasteiger partial charge in [-0.3, -0.25) is 9.63 Å². The Morgan fingerprint density at radius 3 is 2.68 bits per heavy atom. The molecule has 182 valence electrons. The minimum Gasteiger partial charge on any atom is -0.350 e. The van der Waals surface area contributed by atoms with Crippen molar-refractivity contribution >= 4 is 22.8 Å². The summed E-state index contributed by atoms with van der Waals surface area (Å²) < 4.78 is 2.19. The van der Waals surface area contributed by atoms with Gasteiger partial charge in [-0.25, -0.2) is 15.4 Å². The quantitative estimate of drug-likeness (QED) is 0.331. The molecule has 0 aliphatic carbocycles. The SMILES string of the molecule is CCCCCONC(=O)c1cnc(N2CCC(CNCc3cn(C)c4ccccc34)CC2)nc1. The minimum absolute atomic E-state index is 0.306. The molecule has 3 heterocycles. The summed E-state index contributed by atoms with van der Waals surface area (Å²) in [4.78, 5) is 28.4. The van der Waals surface area contributed by atoms with Crippen molar-refractivity contribution in [3.8, 4) is 0 Å². The van der Waals surface area contributed by atoms with Crippen LogP contribution in [0.5, 0.6) is 0 Å². The summed E-state index contributed by atoms with van der Waals surface area (Å²) in [6.07, 6.45) is 10.7. The number of fused-ring (bicyclic) bond motifs is 1. The van der Waals surface area contributed by atoms with E-state index in [4.69, 9.17) is 4.84 Å². The number of anilines is 1. The lowest BCUT2D eigenvalue weighted by Gasteiger charge is -2.32. The number of rotatable bonds is 11. The Labute approximate surface area is 201 Å². The van der Waals surface area contributed by atoms with Crippen molar-refractivity contribution in [1.82, 2.24) is 25.3 Å². The van der Waals surface area contributed by atoms with Crippen LogP contribution >= 0.6 is 0 Å². The first-order valence-electron chi connectivity index (χ1n) is 12.4. The maximum absolute atomic E-state index is 12.1. The second-order valence-corrected chi connectivity index (χ2v) is 9.10. The highest BCUT2D eigenvalue weighted by atomic mass is 16.6. The maximum atomic E-state index is 12.1. The summed E-state index contributed by atoms with van der Waals surface area (Å²) in [6.45, 7) is 6.39. The molecule has 0 saturated carbocycles. The largest absolute Gasteiger partial charge is 0.350 e. The zero-order valence-electron chi connectivity index (χ0n) is 20.3. The predicted octanol–water partition coefficient (Wildman–Crippen LogP) is 3.83. The predicted molar refractivity (Wildman–Crippen MR) is 135 cm³/mol. The molecule has 1 aliphatic rings. The molecule has 0 bridgehead atoms. The van der Waals surface area contributed by atoms with Gasteiger partial charge in [0.2, 0.25) is 5.95 Å². The summed E-state index contributed by atoms with van der Waals surface area (Å²) >= 11 is 0. The van der Waals surface area contributed by atoms with Gasteiger partial charge in [-0.1, -0.05) is 38.0 Å². The van der Waals surface area contributed by atoms with E-state index in [-0.39, 0.29) is 5.91 Å². The topological polar surface area (TPSA) is 84.3 Å². The molecule has 34 heavy (non-hydrogen) atoms. The number of aromatic nitrogens is 3. The van der Waals surface area contributed by atoms with Crippen LogP contribution in [0, 0.1) is 5.92 Å². The normalized spacial score (nSPS) is 14.6. The lowest BCUT2D eigenvalue weighted by molar-refractivity contribution is 0.0298. The highest BCUT2D eigenvalue weighted by Gasteiger charge is 2.21. The van der Waals surface area contributed by atoms with Crippen molar-refractivity contribution in [1.29, 1.82) is 0 Å². The first kappa shape index (κ1) is 24.2. The number of benzene rings is 1. The number of nitrogens with zero attached hydrogens (tertiary/aromatic N) is 4. The molecule has 8 heteroatoms. The number of carbonyl (C=O) groups excluding carboxylic acids is 1. The number of unbranched alkanes of at least 4 members (excludes halogenated alkanes) is 2. The number of carbonyl (C=O) groups is 1. The van der Waals surface area contributed by atoms with Crippen LogP contribution in [-0.4, -0.2) is 46.7 Å². The van der Waals surface area contributed by atoms with Crippen LogP contribution in [0.3, 0.4) is 0 Å². The van der Waals surface area contributed by atoms with E-state index in [1.807, 2.05) is 0 Å². The molecule has 1 aliphatic heterocycles. The second kappa shape index (κ2) is 11.9. The third-order valence-electron chi connectivity index (χ3n) is 6.54. The van der Waals surface area contributed by atoms with Crippen LogP contribution in [0.1, 0.15) is 54.9 Å². The summed E-state index contributed by atoms with van der Waals surface area (Å²) in [7, 11) is 2.10. The Bertz CT molecular complexity index is 1060. The van der Waals surface area contributed by atoms with E-state index in [1.54, 1.807) is 12.4 Å². The number of piperidine rings is 1. The summed E-state index contributed by atoms with van der Waals surface area (Å²) in [6, 6.07) is 8.55. The lowest BCUT2D eigenvalue weighted by Crippen LogP contribution is -2.38. The average molecular weight is 465 g/mol. The number of amides is 1. The van der Waals surface area contributed by atoms with Crippen LogP contribution < -0.4 is 15.7 Å². The van der Waals surface area contributed by atoms with Gasteiger partial charge < -0.3 is 14.8 Å². The fraction of sp³-hybridized carbons (Fsp3) is 0.500. The third kappa shape index (κ3) is 6.12. The standard InChI is InChI=1S/C26H36N6O2/c1-3-4-7-14-34-30-25(33)21-17-28-26(29-18-21)32-12-10-20(11-13-32)15-27-16-22-19-31(2)24-9-6-5-8-23(22)24/h5-6,8-9,17-20,27H,3-4,7,10-16H2,1-2H3,(H,30,33). The van der Waals surface area contributed by atoms with Crippen molar-refractivity contribution in [3.63, 3.8) is 0 Å². The van der Waals surface area contributed by atoms with Crippen molar-refractivity contribution in [2.75, 3.05) is 31.1 Å². The number of hydrogen-bond acceptors (Lipinski definition) is 6. The van der Waals surface area contributed by atoms with Gasteiger partial charge in [-0.2, -0.15) is 0 Å². The molecule has 1 amide bonds. The summed E-state index contributed by atoms with van der Waals surface area (Å²) in [5.41, 5.74) is 5.49. The van der Waals surface area contributed by atoms with Crippen LogP contribution in [0.15, 0.2) is 42.9 Å². The monoisotopic (exact) mass is 464 g/mol. The third-order valence-corrected chi connectivity index (χ3v) is 6.54. The number of para-hydroxylation sites is 1. The fourth-order valence-electron chi connectivity index (χ4n) is 4.52. The second-order valence-electron chi connectivity index (χ2n) is 9.10. The van der Waals surface area contributed by atoms with E-state index in [2.05, 4.69) is 74.7 Å². The number of hydrogen-bond donors (Lipinski definition) is 2. The Balaban J connectivity index is 1.19. The van der Waals surface area contributed by atoms with Crippen molar-refractivity contribution in [3.05, 3.63) is 54.0 Å². The van der Waals surface area contributed by atoms with Gasteiger partial charge in [-0.05, 0) is 43.4 Å². The molecule has 0 atom stereocenters. The molecular weight excluding hydrogens is 428 g/mol. The molecule has 0 unspecified atom stereocenters. The highest BCUT2D eigenvalue weighted by molar-refractivity contribution is 5.92. The summed E-state index contributed by atoms with van der Waals surface area (Å²) in [5, 5.41) is 4.98. The van der Waals surface area contributed by atoms with E-state index in [0.717, 1.165) is 58.3 Å². The van der Waals surface area contributed by atoms with Crippen molar-refractivity contribution < 1.29 is 9.63 Å². The van der Waals surface area contributed by atoms with Crippen molar-refractivity contribution in [2.45, 2.75) is 45.6 Å². The van der Waals surface area contributed by atoms with Gasteiger partial charge in [0.05, 0.1) is 12.2 Å². The molecule has 1 saturated heterocycles. The van der Waals surface area contributed by atoms with E-state index in [0.29, 0.717) is 24.0 Å². The van der Waals surface area contributed by atoms with Gasteiger partial charge in [0.15, 0.2) is 0 Å². The van der Waals surface area contributed by atoms with Gasteiger partial charge in [-0.15, -0.1) is 0 Å². The number of nitrogens with one attached hydrogen (secondary N) is 2. The molecule has 0 spiro atoms. The number of aryl methyl sites for hydroxylation is 1. The molecule has 2 aromatic heterocycles. The van der Waals surface area contributed by atoms with Crippen LogP contribution in [-0.2, 0) is 18.4 Å². The smallest absolute Gasteiger partial charge is 0.277 e. The Kier molecular flexibility index (Phi) is 8.49. The fourth-order valence-corrected chi connectivity index (χ4v) is 4.52. The van der Waals surface area contributed by atoms with E-state index in [1.165, 1.54) is 16.5 Å². The lowest BCUT2D eigenvalue weighted by atomic mass is 9.97. The molecular formula is C26H36N6O2. The zero-order chi connectivity index (χ0) is 23.8. The molecule has 1 fully saturated rings. The molecule has 0 radical (unpaired) electrons. The zero-order valence-corrected chi connectivity index (χ0v) is 20.3. The van der Waals surface area contributed by atoms with E-state index >= 15 is 0 Å². The Hall–Kier alpha value is -2.97.